The summed E-state index contributed by atoms with van der Waals surface area (Å²) in [4.78, 5) is 23.6. The summed E-state index contributed by atoms with van der Waals surface area (Å²) in [7, 11) is 0. The molecule has 0 aliphatic carbocycles. The first-order valence-electron chi connectivity index (χ1n) is 12.7. The number of hydrogen-bond acceptors (Lipinski definition) is 7. The molecule has 34 heavy (non-hydrogen) atoms. The topological polar surface area (TPSA) is 80.3 Å². The van der Waals surface area contributed by atoms with Gasteiger partial charge in [0.15, 0.2) is 18.5 Å². The number of rotatable bonds is 15. The molecule has 0 saturated carbocycles. The monoisotopic (exact) mass is 478 g/mol. The van der Waals surface area contributed by atoms with Gasteiger partial charge < -0.3 is 23.7 Å². The van der Waals surface area contributed by atoms with Crippen LogP contribution >= 0.6 is 0 Å². The van der Waals surface area contributed by atoms with Crippen LogP contribution in [0.15, 0.2) is 30.3 Å². The molecule has 1 heterocycles. The summed E-state index contributed by atoms with van der Waals surface area (Å²) in [5, 5.41) is 0. The van der Waals surface area contributed by atoms with Gasteiger partial charge in [0, 0.05) is 20.5 Å². The van der Waals surface area contributed by atoms with Gasteiger partial charge in [-0.1, -0.05) is 82.2 Å². The van der Waals surface area contributed by atoms with Gasteiger partial charge in [-0.05, 0) is 18.9 Å². The summed E-state index contributed by atoms with van der Waals surface area (Å²) in [6.07, 6.45) is 5.99. The van der Waals surface area contributed by atoms with E-state index in [1.54, 1.807) is 6.92 Å². The lowest BCUT2D eigenvalue weighted by atomic mass is 9.98. The standard InChI is InChI=1S/C27H42O7/c1-5-6-7-8-9-10-11-15-18-30-27-26(31-19-23-16-13-12-14-17-23)25(34-22(4)29)24(20(2)32-27)33-21(3)28/h12-14,16-17,20,24-27H,5-11,15,18-19H2,1-4H3/t20-,24+,25+,26-,27?/m0/s1. The number of ether oxygens (including phenoxy) is 5. The number of benzene rings is 1. The Hall–Kier alpha value is -1.96. The van der Waals surface area contributed by atoms with Crippen LogP contribution in [0.2, 0.25) is 0 Å². The Balaban J connectivity index is 2.00. The largest absolute Gasteiger partial charge is 0.456 e. The number of carbonyl (C=O) groups excluding carboxylic acids is 2. The maximum atomic E-state index is 11.9. The normalized spacial score (nSPS) is 24.5. The second-order valence-corrected chi connectivity index (χ2v) is 8.96. The first-order valence-corrected chi connectivity index (χ1v) is 12.7. The Morgan fingerprint density at radius 3 is 2.00 bits per heavy atom. The van der Waals surface area contributed by atoms with Crippen molar-refractivity contribution in [3.05, 3.63) is 35.9 Å². The van der Waals surface area contributed by atoms with Crippen LogP contribution in [-0.4, -0.2) is 49.3 Å². The van der Waals surface area contributed by atoms with E-state index < -0.39 is 42.6 Å². The molecule has 0 bridgehead atoms. The molecular formula is C27H42O7. The highest BCUT2D eigenvalue weighted by Crippen LogP contribution is 2.30. The van der Waals surface area contributed by atoms with Gasteiger partial charge in [-0.15, -0.1) is 0 Å². The zero-order valence-electron chi connectivity index (χ0n) is 21.2. The van der Waals surface area contributed by atoms with Crippen LogP contribution in [0.25, 0.3) is 0 Å². The highest BCUT2D eigenvalue weighted by Gasteiger charge is 2.49. The van der Waals surface area contributed by atoms with Crippen LogP contribution in [0.1, 0.15) is 84.6 Å². The maximum absolute atomic E-state index is 11.9. The molecule has 7 nitrogen and oxygen atoms in total. The fourth-order valence-electron chi connectivity index (χ4n) is 4.17. The molecule has 1 unspecified atom stereocenters. The van der Waals surface area contributed by atoms with E-state index in [4.69, 9.17) is 23.7 Å². The number of hydrogen-bond donors (Lipinski definition) is 0. The Bertz CT molecular complexity index is 708. The van der Waals surface area contributed by atoms with Gasteiger partial charge in [-0.3, -0.25) is 9.59 Å². The highest BCUT2D eigenvalue weighted by molar-refractivity contribution is 5.67. The Kier molecular flexibility index (Phi) is 13.2. The van der Waals surface area contributed by atoms with Crippen LogP contribution in [0.3, 0.4) is 0 Å². The second kappa shape index (κ2) is 15.8. The van der Waals surface area contributed by atoms with Crippen molar-refractivity contribution in [1.82, 2.24) is 0 Å². The van der Waals surface area contributed by atoms with Crippen molar-refractivity contribution in [2.45, 2.75) is 116 Å². The molecule has 1 aromatic carbocycles. The zero-order valence-corrected chi connectivity index (χ0v) is 21.2. The molecule has 0 N–H and O–H groups in total. The van der Waals surface area contributed by atoms with E-state index in [0.29, 0.717) is 6.61 Å². The lowest BCUT2D eigenvalue weighted by Gasteiger charge is -2.43. The molecule has 1 saturated heterocycles. The van der Waals surface area contributed by atoms with Crippen molar-refractivity contribution >= 4 is 11.9 Å². The average molecular weight is 479 g/mol. The van der Waals surface area contributed by atoms with Crippen LogP contribution in [0.4, 0.5) is 0 Å². The lowest BCUT2D eigenvalue weighted by Crippen LogP contribution is -2.60. The summed E-state index contributed by atoms with van der Waals surface area (Å²) in [6.45, 7) is 7.46. The molecule has 5 atom stereocenters. The van der Waals surface area contributed by atoms with Crippen molar-refractivity contribution in [1.29, 1.82) is 0 Å². The van der Waals surface area contributed by atoms with Crippen molar-refractivity contribution in [3.8, 4) is 0 Å². The van der Waals surface area contributed by atoms with Gasteiger partial charge in [0.1, 0.15) is 6.10 Å². The van der Waals surface area contributed by atoms with Crippen molar-refractivity contribution in [2.75, 3.05) is 6.61 Å². The minimum Gasteiger partial charge on any atom is -0.456 e. The summed E-state index contributed by atoms with van der Waals surface area (Å²) >= 11 is 0. The smallest absolute Gasteiger partial charge is 0.303 e. The second-order valence-electron chi connectivity index (χ2n) is 8.96. The molecule has 1 fully saturated rings. The van der Waals surface area contributed by atoms with Gasteiger partial charge in [0.05, 0.1) is 12.7 Å². The SMILES string of the molecule is CCCCCCCCCCOC1O[C@@H](C)[C@@H](OC(C)=O)[C@@H](OC(C)=O)[C@@H]1OCc1ccccc1. The molecule has 0 radical (unpaired) electrons. The molecule has 0 amide bonds. The van der Waals surface area contributed by atoms with E-state index in [2.05, 4.69) is 6.92 Å². The molecule has 1 aromatic rings. The molecule has 1 aliphatic heterocycles. The predicted molar refractivity (Wildman–Crippen MR) is 129 cm³/mol. The minimum absolute atomic E-state index is 0.283. The van der Waals surface area contributed by atoms with Crippen LogP contribution in [0, 0.1) is 0 Å². The van der Waals surface area contributed by atoms with E-state index >= 15 is 0 Å². The lowest BCUT2D eigenvalue weighted by molar-refractivity contribution is -0.308. The van der Waals surface area contributed by atoms with Crippen molar-refractivity contribution < 1.29 is 33.3 Å². The third-order valence-corrected chi connectivity index (χ3v) is 5.90. The zero-order chi connectivity index (χ0) is 24.8. The summed E-state index contributed by atoms with van der Waals surface area (Å²) in [6, 6.07) is 9.70. The van der Waals surface area contributed by atoms with Gasteiger partial charge in [0.25, 0.3) is 0 Å². The molecule has 0 aromatic heterocycles. The molecular weight excluding hydrogens is 436 g/mol. The minimum atomic E-state index is -0.836. The number of unbranched alkanes of at least 4 members (excludes halogenated alkanes) is 7. The van der Waals surface area contributed by atoms with E-state index in [9.17, 15) is 9.59 Å². The first-order chi connectivity index (χ1) is 16.4. The predicted octanol–water partition coefficient (Wildman–Crippen LogP) is 5.34. The maximum Gasteiger partial charge on any atom is 0.303 e. The molecule has 192 valence electrons. The van der Waals surface area contributed by atoms with E-state index in [0.717, 1.165) is 18.4 Å². The quantitative estimate of drug-likeness (QED) is 0.249. The molecule has 7 heteroatoms. The molecule has 1 aliphatic rings. The summed E-state index contributed by atoms with van der Waals surface area (Å²) in [5.74, 6) is -0.955. The van der Waals surface area contributed by atoms with Crippen LogP contribution in [-0.2, 0) is 39.9 Å². The Morgan fingerprint density at radius 1 is 0.794 bits per heavy atom. The first kappa shape index (κ1) is 28.3. The highest BCUT2D eigenvalue weighted by atomic mass is 16.7. The van der Waals surface area contributed by atoms with Gasteiger partial charge >= 0.3 is 11.9 Å². The average Bonchev–Trinajstić information content (AvgIpc) is 2.80. The number of carbonyl (C=O) groups is 2. The van der Waals surface area contributed by atoms with Crippen LogP contribution < -0.4 is 0 Å². The third-order valence-electron chi connectivity index (χ3n) is 5.90. The Morgan fingerprint density at radius 2 is 1.38 bits per heavy atom. The van der Waals surface area contributed by atoms with Gasteiger partial charge in [-0.25, -0.2) is 0 Å². The Labute approximate surface area is 204 Å². The fraction of sp³-hybridized carbons (Fsp3) is 0.704. The molecule has 2 rings (SSSR count). The fourth-order valence-corrected chi connectivity index (χ4v) is 4.17. The molecule has 0 spiro atoms. The summed E-state index contributed by atoms with van der Waals surface area (Å²) in [5.41, 5.74) is 0.966. The third kappa shape index (κ3) is 10.1. The van der Waals surface area contributed by atoms with Crippen LogP contribution in [0.5, 0.6) is 0 Å². The van der Waals surface area contributed by atoms with E-state index in [1.165, 1.54) is 52.4 Å². The van der Waals surface area contributed by atoms with Gasteiger partial charge in [0.2, 0.25) is 0 Å². The van der Waals surface area contributed by atoms with E-state index in [1.807, 2.05) is 30.3 Å². The van der Waals surface area contributed by atoms with Crippen molar-refractivity contribution in [2.24, 2.45) is 0 Å². The summed E-state index contributed by atoms with van der Waals surface area (Å²) < 4.78 is 29.4. The van der Waals surface area contributed by atoms with Gasteiger partial charge in [-0.2, -0.15) is 0 Å². The van der Waals surface area contributed by atoms with Crippen molar-refractivity contribution in [3.63, 3.8) is 0 Å². The van der Waals surface area contributed by atoms with E-state index in [-0.39, 0.29) is 6.61 Å². The number of esters is 2.